The topological polar surface area (TPSA) is 52.6 Å². The van der Waals surface area contributed by atoms with Crippen LogP contribution in [0.3, 0.4) is 0 Å². The SMILES string of the molecule is COc1cccc2sc(Nc3ccc4c(c3)OCO4)nc12. The minimum absolute atomic E-state index is 0.275. The molecule has 106 valence electrons. The average molecular weight is 300 g/mol. The smallest absolute Gasteiger partial charge is 0.231 e. The van der Waals surface area contributed by atoms with E-state index in [1.807, 2.05) is 36.4 Å². The van der Waals surface area contributed by atoms with Gasteiger partial charge in [0.2, 0.25) is 6.79 Å². The standard InChI is InChI=1S/C15H12N2O3S/c1-18-11-3-2-4-13-14(11)17-15(21-13)16-9-5-6-10-12(7-9)20-8-19-10/h2-7H,8H2,1H3,(H,16,17). The Labute approximate surface area is 125 Å². The molecule has 0 saturated carbocycles. The van der Waals surface area contributed by atoms with Gasteiger partial charge in [-0.3, -0.25) is 0 Å². The zero-order valence-corrected chi connectivity index (χ0v) is 12.1. The quantitative estimate of drug-likeness (QED) is 0.798. The molecule has 0 aliphatic carbocycles. The van der Waals surface area contributed by atoms with Crippen molar-refractivity contribution in [1.82, 2.24) is 4.98 Å². The molecular weight excluding hydrogens is 288 g/mol. The Morgan fingerprint density at radius 1 is 1.19 bits per heavy atom. The number of benzene rings is 2. The normalized spacial score (nSPS) is 12.6. The van der Waals surface area contributed by atoms with Crippen LogP contribution in [0.2, 0.25) is 0 Å². The van der Waals surface area contributed by atoms with Crippen LogP contribution in [0, 0.1) is 0 Å². The largest absolute Gasteiger partial charge is 0.494 e. The van der Waals surface area contributed by atoms with E-state index in [0.717, 1.165) is 38.3 Å². The van der Waals surface area contributed by atoms with Crippen molar-refractivity contribution < 1.29 is 14.2 Å². The molecule has 1 aliphatic heterocycles. The van der Waals surface area contributed by atoms with Crippen molar-refractivity contribution in [2.45, 2.75) is 0 Å². The molecule has 4 rings (SSSR count). The van der Waals surface area contributed by atoms with E-state index < -0.39 is 0 Å². The zero-order valence-electron chi connectivity index (χ0n) is 11.3. The molecule has 6 heteroatoms. The number of nitrogens with zero attached hydrogens (tertiary/aromatic N) is 1. The number of anilines is 2. The number of fused-ring (bicyclic) bond motifs is 2. The second kappa shape index (κ2) is 4.82. The fourth-order valence-electron chi connectivity index (χ4n) is 2.24. The van der Waals surface area contributed by atoms with Gasteiger partial charge in [0.1, 0.15) is 11.3 Å². The number of hydrogen-bond acceptors (Lipinski definition) is 6. The highest BCUT2D eigenvalue weighted by molar-refractivity contribution is 7.22. The van der Waals surface area contributed by atoms with Gasteiger partial charge in [-0.25, -0.2) is 4.98 Å². The summed E-state index contributed by atoms with van der Waals surface area (Å²) in [6.45, 7) is 0.275. The fraction of sp³-hybridized carbons (Fsp3) is 0.133. The van der Waals surface area contributed by atoms with Gasteiger partial charge in [0.25, 0.3) is 0 Å². The molecule has 0 bridgehead atoms. The number of hydrogen-bond donors (Lipinski definition) is 1. The van der Waals surface area contributed by atoms with Gasteiger partial charge in [-0.15, -0.1) is 0 Å². The Balaban J connectivity index is 1.68. The molecule has 0 unspecified atom stereocenters. The van der Waals surface area contributed by atoms with Crippen molar-refractivity contribution in [2.75, 3.05) is 19.2 Å². The first-order valence-electron chi connectivity index (χ1n) is 6.44. The predicted molar refractivity (Wildman–Crippen MR) is 82.0 cm³/mol. The molecular formula is C15H12N2O3S. The van der Waals surface area contributed by atoms with Crippen LogP contribution in [0.15, 0.2) is 36.4 Å². The lowest BCUT2D eigenvalue weighted by molar-refractivity contribution is 0.174. The van der Waals surface area contributed by atoms with Gasteiger partial charge < -0.3 is 19.5 Å². The maximum absolute atomic E-state index is 5.37. The zero-order chi connectivity index (χ0) is 14.2. The predicted octanol–water partition coefficient (Wildman–Crippen LogP) is 3.78. The lowest BCUT2D eigenvalue weighted by Crippen LogP contribution is -1.93. The van der Waals surface area contributed by atoms with Crippen molar-refractivity contribution in [3.63, 3.8) is 0 Å². The van der Waals surface area contributed by atoms with E-state index in [0.29, 0.717) is 0 Å². The van der Waals surface area contributed by atoms with E-state index in [9.17, 15) is 0 Å². The monoisotopic (exact) mass is 300 g/mol. The van der Waals surface area contributed by atoms with Crippen molar-refractivity contribution in [3.8, 4) is 17.2 Å². The number of thiazole rings is 1. The van der Waals surface area contributed by atoms with E-state index in [2.05, 4.69) is 10.3 Å². The molecule has 2 aromatic carbocycles. The highest BCUT2D eigenvalue weighted by atomic mass is 32.1. The van der Waals surface area contributed by atoms with Crippen molar-refractivity contribution in [3.05, 3.63) is 36.4 Å². The second-order valence-corrected chi connectivity index (χ2v) is 5.55. The minimum Gasteiger partial charge on any atom is -0.494 e. The summed E-state index contributed by atoms with van der Waals surface area (Å²) in [6, 6.07) is 11.6. The summed E-state index contributed by atoms with van der Waals surface area (Å²) in [4.78, 5) is 4.58. The summed E-state index contributed by atoms with van der Waals surface area (Å²) in [5, 5.41) is 4.10. The summed E-state index contributed by atoms with van der Waals surface area (Å²) in [5.41, 5.74) is 1.78. The van der Waals surface area contributed by atoms with Crippen molar-refractivity contribution in [1.29, 1.82) is 0 Å². The first-order chi connectivity index (χ1) is 10.3. The lowest BCUT2D eigenvalue weighted by atomic mass is 10.3. The first-order valence-corrected chi connectivity index (χ1v) is 7.25. The Morgan fingerprint density at radius 2 is 2.10 bits per heavy atom. The molecule has 0 amide bonds. The van der Waals surface area contributed by atoms with Crippen molar-refractivity contribution >= 4 is 32.4 Å². The van der Waals surface area contributed by atoms with E-state index >= 15 is 0 Å². The molecule has 0 saturated heterocycles. The van der Waals surface area contributed by atoms with E-state index in [1.165, 1.54) is 0 Å². The third-order valence-corrected chi connectivity index (χ3v) is 4.16. The molecule has 2 heterocycles. The number of rotatable bonds is 3. The van der Waals surface area contributed by atoms with Crippen molar-refractivity contribution in [2.24, 2.45) is 0 Å². The first kappa shape index (κ1) is 12.3. The number of ether oxygens (including phenoxy) is 3. The number of methoxy groups -OCH3 is 1. The second-order valence-electron chi connectivity index (χ2n) is 4.52. The van der Waals surface area contributed by atoms with Gasteiger partial charge in [-0.2, -0.15) is 0 Å². The van der Waals surface area contributed by atoms with E-state index in [4.69, 9.17) is 14.2 Å². The van der Waals surface area contributed by atoms with Gasteiger partial charge in [-0.05, 0) is 24.3 Å². The Kier molecular flexibility index (Phi) is 2.82. The maximum Gasteiger partial charge on any atom is 0.231 e. The summed E-state index contributed by atoms with van der Waals surface area (Å²) in [5.74, 6) is 2.30. The minimum atomic E-state index is 0.275. The molecule has 5 nitrogen and oxygen atoms in total. The van der Waals surface area contributed by atoms with Crippen LogP contribution in [0.25, 0.3) is 10.2 Å². The number of aromatic nitrogens is 1. The maximum atomic E-state index is 5.37. The highest BCUT2D eigenvalue weighted by Gasteiger charge is 2.14. The van der Waals surface area contributed by atoms with Crippen LogP contribution in [-0.4, -0.2) is 18.9 Å². The summed E-state index contributed by atoms with van der Waals surface area (Å²) in [6.07, 6.45) is 0. The molecule has 0 fully saturated rings. The van der Waals surface area contributed by atoms with Crippen LogP contribution >= 0.6 is 11.3 Å². The molecule has 0 radical (unpaired) electrons. The molecule has 1 N–H and O–H groups in total. The van der Waals surface area contributed by atoms with Gasteiger partial charge in [0, 0.05) is 11.8 Å². The third-order valence-electron chi connectivity index (χ3n) is 3.23. The van der Waals surface area contributed by atoms with E-state index in [-0.39, 0.29) is 6.79 Å². The molecule has 1 aromatic heterocycles. The number of nitrogens with one attached hydrogen (secondary N) is 1. The van der Waals surface area contributed by atoms with Gasteiger partial charge in [0.05, 0.1) is 11.8 Å². The number of para-hydroxylation sites is 1. The van der Waals surface area contributed by atoms with E-state index in [1.54, 1.807) is 18.4 Å². The van der Waals surface area contributed by atoms with Crippen LogP contribution < -0.4 is 19.5 Å². The molecule has 0 atom stereocenters. The van der Waals surface area contributed by atoms with Gasteiger partial charge in [-0.1, -0.05) is 17.4 Å². The highest BCUT2D eigenvalue weighted by Crippen LogP contribution is 2.37. The lowest BCUT2D eigenvalue weighted by Gasteiger charge is -2.03. The molecule has 21 heavy (non-hydrogen) atoms. The Bertz CT molecular complexity index is 816. The third kappa shape index (κ3) is 2.13. The van der Waals surface area contributed by atoms with Crippen LogP contribution in [0.5, 0.6) is 17.2 Å². The van der Waals surface area contributed by atoms with Gasteiger partial charge in [0.15, 0.2) is 16.6 Å². The van der Waals surface area contributed by atoms with Crippen LogP contribution in [0.1, 0.15) is 0 Å². The summed E-state index contributed by atoms with van der Waals surface area (Å²) < 4.78 is 17.1. The Hall–Kier alpha value is -2.47. The van der Waals surface area contributed by atoms with Crippen LogP contribution in [-0.2, 0) is 0 Å². The molecule has 1 aliphatic rings. The summed E-state index contributed by atoms with van der Waals surface area (Å²) in [7, 11) is 1.65. The average Bonchev–Trinajstić information content (AvgIpc) is 3.11. The Morgan fingerprint density at radius 3 is 3.00 bits per heavy atom. The fourth-order valence-corrected chi connectivity index (χ4v) is 3.14. The van der Waals surface area contributed by atoms with Crippen LogP contribution in [0.4, 0.5) is 10.8 Å². The summed E-state index contributed by atoms with van der Waals surface area (Å²) >= 11 is 1.58. The molecule has 0 spiro atoms. The molecule has 3 aromatic rings. The van der Waals surface area contributed by atoms with Gasteiger partial charge >= 0.3 is 0 Å².